The van der Waals surface area contributed by atoms with Crippen LogP contribution >= 0.6 is 0 Å². The van der Waals surface area contributed by atoms with Gasteiger partial charge in [0, 0.05) is 42.8 Å². The quantitative estimate of drug-likeness (QED) is 0.522. The lowest BCUT2D eigenvalue weighted by molar-refractivity contribution is -0.385. The first-order chi connectivity index (χ1) is 16.4. The van der Waals surface area contributed by atoms with E-state index in [2.05, 4.69) is 4.90 Å². The molecule has 3 heterocycles. The van der Waals surface area contributed by atoms with Gasteiger partial charge >= 0.3 is 11.8 Å². The zero-order valence-electron chi connectivity index (χ0n) is 19.7. The van der Waals surface area contributed by atoms with Crippen molar-refractivity contribution in [2.45, 2.75) is 63.5 Å². The minimum atomic E-state index is -0.786. The second-order valence-electron chi connectivity index (χ2n) is 10.2. The van der Waals surface area contributed by atoms with E-state index in [1.54, 1.807) is 17.0 Å². The number of ether oxygens (including phenoxy) is 1. The third-order valence-corrected chi connectivity index (χ3v) is 8.53. The summed E-state index contributed by atoms with van der Waals surface area (Å²) in [6.45, 7) is 3.57. The number of aromatic nitrogens is 2. The van der Waals surface area contributed by atoms with E-state index in [0.29, 0.717) is 30.6 Å². The lowest BCUT2D eigenvalue weighted by Crippen LogP contribution is -2.50. The second-order valence-corrected chi connectivity index (χ2v) is 10.2. The minimum absolute atomic E-state index is 0.0326. The highest BCUT2D eigenvalue weighted by molar-refractivity contribution is 5.83. The third-order valence-electron chi connectivity index (χ3n) is 8.53. The number of amides is 1. The molecular formula is C24H33N5O5. The van der Waals surface area contributed by atoms with Crippen molar-refractivity contribution in [3.05, 3.63) is 28.4 Å². The van der Waals surface area contributed by atoms with Crippen LogP contribution < -0.4 is 4.74 Å². The molecule has 0 atom stereocenters. The Morgan fingerprint density at radius 1 is 1.09 bits per heavy atom. The molecule has 3 fully saturated rings. The van der Waals surface area contributed by atoms with E-state index in [1.165, 1.54) is 20.0 Å². The maximum atomic E-state index is 11.3. The van der Waals surface area contributed by atoms with Gasteiger partial charge in [0.05, 0.1) is 23.6 Å². The number of carbonyl (C=O) groups is 1. The molecule has 0 unspecified atom stereocenters. The van der Waals surface area contributed by atoms with Crippen LogP contribution in [0.1, 0.15) is 57.4 Å². The molecule has 2 aromatic rings. The van der Waals surface area contributed by atoms with Crippen molar-refractivity contribution in [2.75, 3.05) is 33.3 Å². The Labute approximate surface area is 198 Å². The van der Waals surface area contributed by atoms with Crippen LogP contribution in [-0.2, 0) is 0 Å². The average molecular weight is 472 g/mol. The number of likely N-dealkylation sites (tertiary alicyclic amines) is 2. The van der Waals surface area contributed by atoms with Crippen LogP contribution in [0.2, 0.25) is 0 Å². The predicted molar refractivity (Wildman–Crippen MR) is 126 cm³/mol. The van der Waals surface area contributed by atoms with E-state index in [4.69, 9.17) is 9.84 Å². The maximum Gasteiger partial charge on any atom is 0.407 e. The van der Waals surface area contributed by atoms with Gasteiger partial charge in [-0.05, 0) is 69.9 Å². The lowest BCUT2D eigenvalue weighted by atomic mass is 9.71. The van der Waals surface area contributed by atoms with Crippen LogP contribution in [0.4, 0.5) is 10.5 Å². The van der Waals surface area contributed by atoms with Crippen molar-refractivity contribution >= 4 is 22.7 Å². The summed E-state index contributed by atoms with van der Waals surface area (Å²) in [5, 5.41) is 26.0. The third kappa shape index (κ3) is 4.31. The number of methoxy groups -OCH3 is 1. The van der Waals surface area contributed by atoms with Gasteiger partial charge in [0.15, 0.2) is 5.75 Å². The molecule has 3 aliphatic rings. The molecule has 0 radical (unpaired) electrons. The zero-order valence-corrected chi connectivity index (χ0v) is 19.7. The fourth-order valence-corrected chi connectivity index (χ4v) is 6.28. The summed E-state index contributed by atoms with van der Waals surface area (Å²) >= 11 is 0. The van der Waals surface area contributed by atoms with Crippen molar-refractivity contribution in [2.24, 2.45) is 5.41 Å². The number of nitro benzene ring substituents is 1. The Kier molecular flexibility index (Phi) is 6.09. The Bertz CT molecular complexity index is 1060. The van der Waals surface area contributed by atoms with Crippen LogP contribution in [0.3, 0.4) is 0 Å². The Hall–Kier alpha value is -2.88. The van der Waals surface area contributed by atoms with Gasteiger partial charge in [-0.15, -0.1) is 0 Å². The average Bonchev–Trinajstić information content (AvgIpc) is 3.27. The predicted octanol–water partition coefficient (Wildman–Crippen LogP) is 4.29. The van der Waals surface area contributed by atoms with E-state index < -0.39 is 11.0 Å². The molecular weight excluding hydrogens is 438 g/mol. The highest BCUT2D eigenvalue weighted by atomic mass is 16.6. The first-order valence-corrected chi connectivity index (χ1v) is 12.3. The summed E-state index contributed by atoms with van der Waals surface area (Å²) in [5.41, 5.74) is 1.02. The highest BCUT2D eigenvalue weighted by Gasteiger charge is 2.40. The molecule has 1 aromatic heterocycles. The van der Waals surface area contributed by atoms with Gasteiger partial charge in [-0.2, -0.15) is 5.10 Å². The van der Waals surface area contributed by atoms with Crippen molar-refractivity contribution in [1.29, 1.82) is 0 Å². The van der Waals surface area contributed by atoms with Gasteiger partial charge in [-0.3, -0.25) is 14.8 Å². The van der Waals surface area contributed by atoms with E-state index in [0.717, 1.165) is 62.5 Å². The Morgan fingerprint density at radius 3 is 2.29 bits per heavy atom. The second kappa shape index (κ2) is 9.05. The zero-order chi connectivity index (χ0) is 23.9. The molecule has 184 valence electrons. The molecule has 34 heavy (non-hydrogen) atoms. The number of fused-ring (bicyclic) bond motifs is 1. The van der Waals surface area contributed by atoms with E-state index >= 15 is 0 Å². The van der Waals surface area contributed by atoms with Crippen LogP contribution in [0.5, 0.6) is 5.75 Å². The van der Waals surface area contributed by atoms with Gasteiger partial charge in [0.25, 0.3) is 0 Å². The van der Waals surface area contributed by atoms with E-state index in [1.807, 2.05) is 10.9 Å². The van der Waals surface area contributed by atoms with Crippen LogP contribution in [-0.4, -0.2) is 75.0 Å². The molecule has 2 saturated heterocycles. The summed E-state index contributed by atoms with van der Waals surface area (Å²) < 4.78 is 7.17. The summed E-state index contributed by atoms with van der Waals surface area (Å²) in [7, 11) is 1.44. The van der Waals surface area contributed by atoms with Crippen molar-refractivity contribution < 1.29 is 19.6 Å². The number of benzene rings is 1. The van der Waals surface area contributed by atoms with Crippen LogP contribution in [0, 0.1) is 15.5 Å². The largest absolute Gasteiger partial charge is 0.490 e. The fourth-order valence-electron chi connectivity index (χ4n) is 6.28. The molecule has 1 spiro atoms. The molecule has 10 heteroatoms. The number of hydrogen-bond donors (Lipinski definition) is 1. The molecule has 2 aliphatic heterocycles. The van der Waals surface area contributed by atoms with Crippen molar-refractivity contribution in [3.63, 3.8) is 0 Å². The Balaban J connectivity index is 1.17. The minimum Gasteiger partial charge on any atom is -0.490 e. The van der Waals surface area contributed by atoms with E-state index in [-0.39, 0.29) is 11.4 Å². The van der Waals surface area contributed by atoms with Crippen molar-refractivity contribution in [3.8, 4) is 5.75 Å². The summed E-state index contributed by atoms with van der Waals surface area (Å²) in [4.78, 5) is 26.3. The SMILES string of the molecule is COc1cc2nn(C3CCC(N4CCC5(CCN(C(=O)O)CC5)CC4)CC3)cc2cc1[N+](=O)[O-]. The molecule has 0 bridgehead atoms. The number of carboxylic acid groups (broad SMARTS) is 1. The normalized spacial score (nSPS) is 25.5. The standard InChI is InChI=1S/C24H33N5O5/c1-34-22-15-20-17(14-21(22)29(32)33)16-28(25-20)19-4-2-18(3-5-19)26-10-6-24(7-11-26)8-12-27(13-9-24)23(30)31/h14-16,18-19H,2-13H2,1H3,(H,30,31). The molecule has 5 rings (SSSR count). The van der Waals surface area contributed by atoms with Gasteiger partial charge in [0.2, 0.25) is 0 Å². The monoisotopic (exact) mass is 471 g/mol. The summed E-state index contributed by atoms with van der Waals surface area (Å²) in [6, 6.07) is 4.11. The smallest absolute Gasteiger partial charge is 0.407 e. The van der Waals surface area contributed by atoms with Gasteiger partial charge in [0.1, 0.15) is 0 Å². The maximum absolute atomic E-state index is 11.3. The first-order valence-electron chi connectivity index (χ1n) is 12.3. The molecule has 1 N–H and O–H groups in total. The molecule has 1 aromatic carbocycles. The first kappa shape index (κ1) is 22.9. The van der Waals surface area contributed by atoms with Crippen LogP contribution in [0.25, 0.3) is 10.9 Å². The number of rotatable bonds is 4. The number of nitro groups is 1. The number of hydrogen-bond acceptors (Lipinski definition) is 6. The molecule has 1 saturated carbocycles. The number of piperidine rings is 2. The van der Waals surface area contributed by atoms with E-state index in [9.17, 15) is 20.0 Å². The summed E-state index contributed by atoms with van der Waals surface area (Å²) in [5.74, 6) is 0.239. The molecule has 1 aliphatic carbocycles. The molecule has 10 nitrogen and oxygen atoms in total. The Morgan fingerprint density at radius 2 is 1.71 bits per heavy atom. The summed E-state index contributed by atoms with van der Waals surface area (Å²) in [6.07, 6.45) is 9.84. The fraction of sp³-hybridized carbons (Fsp3) is 0.667. The van der Waals surface area contributed by atoms with Gasteiger partial charge < -0.3 is 19.6 Å². The molecule has 1 amide bonds. The topological polar surface area (TPSA) is 114 Å². The van der Waals surface area contributed by atoms with Gasteiger partial charge in [-0.1, -0.05) is 0 Å². The highest BCUT2D eigenvalue weighted by Crippen LogP contribution is 2.43. The lowest BCUT2D eigenvalue weighted by Gasteiger charge is -2.48. The van der Waals surface area contributed by atoms with Gasteiger partial charge in [-0.25, -0.2) is 4.79 Å². The number of nitrogens with zero attached hydrogens (tertiary/aromatic N) is 5. The van der Waals surface area contributed by atoms with Crippen molar-refractivity contribution in [1.82, 2.24) is 19.6 Å². The van der Waals surface area contributed by atoms with Crippen LogP contribution in [0.15, 0.2) is 18.3 Å².